The highest BCUT2D eigenvalue weighted by Gasteiger charge is 2.09. The maximum absolute atomic E-state index is 4.49. The molecule has 0 unspecified atom stereocenters. The summed E-state index contributed by atoms with van der Waals surface area (Å²) in [6.07, 6.45) is 3.85. The molecule has 0 bridgehead atoms. The normalized spacial score (nSPS) is 10.7. The van der Waals surface area contributed by atoms with E-state index < -0.39 is 0 Å². The van der Waals surface area contributed by atoms with E-state index in [4.69, 9.17) is 0 Å². The van der Waals surface area contributed by atoms with Crippen molar-refractivity contribution in [2.45, 2.75) is 6.54 Å². The molecular formula is C16H12Br2N2. The molecule has 1 aromatic heterocycles. The van der Waals surface area contributed by atoms with E-state index in [0.29, 0.717) is 0 Å². The topological polar surface area (TPSA) is 17.8 Å². The first-order valence-electron chi connectivity index (χ1n) is 6.24. The Hall–Kier alpha value is -1.39. The fraction of sp³-hybridized carbons (Fsp3) is 0.0625. The second-order valence-electron chi connectivity index (χ2n) is 4.49. The van der Waals surface area contributed by atoms with Gasteiger partial charge in [-0.2, -0.15) is 0 Å². The summed E-state index contributed by atoms with van der Waals surface area (Å²) in [7, 11) is 0. The second-order valence-corrected chi connectivity index (χ2v) is 6.26. The molecule has 20 heavy (non-hydrogen) atoms. The molecule has 0 fully saturated rings. The van der Waals surface area contributed by atoms with E-state index in [1.165, 1.54) is 5.56 Å². The number of halogens is 2. The summed E-state index contributed by atoms with van der Waals surface area (Å²) in [5.74, 6) is 0.970. The summed E-state index contributed by atoms with van der Waals surface area (Å²) in [5.41, 5.74) is 2.35. The third-order valence-electron chi connectivity index (χ3n) is 3.07. The van der Waals surface area contributed by atoms with Crippen molar-refractivity contribution in [2.75, 3.05) is 0 Å². The van der Waals surface area contributed by atoms with E-state index in [-0.39, 0.29) is 0 Å². The highest BCUT2D eigenvalue weighted by atomic mass is 79.9. The summed E-state index contributed by atoms with van der Waals surface area (Å²) < 4.78 is 4.31. The molecule has 4 heteroatoms. The van der Waals surface area contributed by atoms with Crippen molar-refractivity contribution in [1.29, 1.82) is 0 Å². The van der Waals surface area contributed by atoms with Crippen LogP contribution in [0, 0.1) is 0 Å². The molecule has 100 valence electrons. The monoisotopic (exact) mass is 390 g/mol. The smallest absolute Gasteiger partial charge is 0.141 e. The van der Waals surface area contributed by atoms with Crippen LogP contribution in [0.4, 0.5) is 0 Å². The quantitative estimate of drug-likeness (QED) is 0.605. The van der Waals surface area contributed by atoms with Gasteiger partial charge in [-0.1, -0.05) is 62.2 Å². The summed E-state index contributed by atoms with van der Waals surface area (Å²) in [5, 5.41) is 0. The summed E-state index contributed by atoms with van der Waals surface area (Å²) in [6, 6.07) is 16.5. The Labute approximate surface area is 134 Å². The van der Waals surface area contributed by atoms with Crippen LogP contribution < -0.4 is 0 Å². The van der Waals surface area contributed by atoms with Gasteiger partial charge < -0.3 is 4.57 Å². The molecule has 3 aromatic rings. The summed E-state index contributed by atoms with van der Waals surface area (Å²) in [4.78, 5) is 4.49. The van der Waals surface area contributed by atoms with Crippen molar-refractivity contribution in [3.8, 4) is 11.4 Å². The van der Waals surface area contributed by atoms with Gasteiger partial charge in [0.25, 0.3) is 0 Å². The van der Waals surface area contributed by atoms with E-state index in [2.05, 4.69) is 65.7 Å². The molecule has 0 spiro atoms. The number of hydrogen-bond acceptors (Lipinski definition) is 1. The van der Waals surface area contributed by atoms with Crippen LogP contribution in [0.2, 0.25) is 0 Å². The van der Waals surface area contributed by atoms with Crippen LogP contribution in [-0.2, 0) is 6.54 Å². The van der Waals surface area contributed by atoms with E-state index in [9.17, 15) is 0 Å². The Morgan fingerprint density at radius 1 is 1.00 bits per heavy atom. The van der Waals surface area contributed by atoms with Gasteiger partial charge in [-0.05, 0) is 23.8 Å². The average Bonchev–Trinajstić information content (AvgIpc) is 2.87. The van der Waals surface area contributed by atoms with Gasteiger partial charge in [0.05, 0.1) is 0 Å². The van der Waals surface area contributed by atoms with Crippen LogP contribution in [0.5, 0.6) is 0 Å². The maximum atomic E-state index is 4.49. The summed E-state index contributed by atoms with van der Waals surface area (Å²) >= 11 is 7.10. The maximum Gasteiger partial charge on any atom is 0.141 e. The molecule has 0 aliphatic carbocycles. The predicted molar refractivity (Wildman–Crippen MR) is 88.6 cm³/mol. The molecule has 0 aliphatic heterocycles. The van der Waals surface area contributed by atoms with Gasteiger partial charge in [0, 0.05) is 33.4 Å². The third-order valence-corrected chi connectivity index (χ3v) is 4.26. The Morgan fingerprint density at radius 3 is 2.65 bits per heavy atom. The number of imidazole rings is 1. The number of rotatable bonds is 3. The minimum absolute atomic E-state index is 0.802. The first kappa shape index (κ1) is 13.6. The van der Waals surface area contributed by atoms with Crippen LogP contribution in [0.15, 0.2) is 69.9 Å². The van der Waals surface area contributed by atoms with Crippen molar-refractivity contribution in [3.05, 3.63) is 75.4 Å². The second kappa shape index (κ2) is 5.94. The third kappa shape index (κ3) is 2.86. The summed E-state index contributed by atoms with van der Waals surface area (Å²) in [6.45, 7) is 0.802. The highest BCUT2D eigenvalue weighted by Crippen LogP contribution is 2.27. The Bertz CT molecular complexity index is 735. The molecule has 2 aromatic carbocycles. The van der Waals surface area contributed by atoms with Crippen LogP contribution >= 0.6 is 31.9 Å². The minimum atomic E-state index is 0.802. The fourth-order valence-electron chi connectivity index (χ4n) is 2.16. The zero-order chi connectivity index (χ0) is 13.9. The van der Waals surface area contributed by atoms with Gasteiger partial charge in [-0.25, -0.2) is 4.98 Å². The van der Waals surface area contributed by atoms with Gasteiger partial charge in [0.1, 0.15) is 5.82 Å². The van der Waals surface area contributed by atoms with Crippen molar-refractivity contribution < 1.29 is 0 Å². The zero-order valence-corrected chi connectivity index (χ0v) is 13.8. The standard InChI is InChI=1S/C16H12Br2N2/c17-13-5-3-4-12(10-13)11-20-9-8-19-16(20)14-6-1-2-7-15(14)18/h1-10H,11H2. The number of nitrogens with zero attached hydrogens (tertiary/aromatic N) is 2. The number of hydrogen-bond donors (Lipinski definition) is 0. The molecule has 0 radical (unpaired) electrons. The SMILES string of the molecule is Brc1cccc(Cn2ccnc2-c2ccccc2Br)c1. The lowest BCUT2D eigenvalue weighted by Gasteiger charge is -2.09. The largest absolute Gasteiger partial charge is 0.327 e. The van der Waals surface area contributed by atoms with E-state index in [0.717, 1.165) is 26.9 Å². The van der Waals surface area contributed by atoms with Gasteiger partial charge in [0.15, 0.2) is 0 Å². The molecule has 0 saturated heterocycles. The lowest BCUT2D eigenvalue weighted by atomic mass is 10.2. The van der Waals surface area contributed by atoms with E-state index in [1.807, 2.05) is 36.7 Å². The molecule has 0 saturated carbocycles. The molecule has 0 amide bonds. The van der Waals surface area contributed by atoms with E-state index in [1.54, 1.807) is 0 Å². The highest BCUT2D eigenvalue weighted by molar-refractivity contribution is 9.10. The fourth-order valence-corrected chi connectivity index (χ4v) is 3.06. The van der Waals surface area contributed by atoms with Crippen molar-refractivity contribution in [1.82, 2.24) is 9.55 Å². The molecule has 2 nitrogen and oxygen atoms in total. The van der Waals surface area contributed by atoms with Crippen LogP contribution in [0.25, 0.3) is 11.4 Å². The minimum Gasteiger partial charge on any atom is -0.327 e. The van der Waals surface area contributed by atoms with Gasteiger partial charge >= 0.3 is 0 Å². The lowest BCUT2D eigenvalue weighted by Crippen LogP contribution is -2.01. The molecule has 3 rings (SSSR count). The van der Waals surface area contributed by atoms with Gasteiger partial charge in [-0.3, -0.25) is 0 Å². The number of aromatic nitrogens is 2. The van der Waals surface area contributed by atoms with Crippen LogP contribution in [0.1, 0.15) is 5.56 Å². The Balaban J connectivity index is 1.97. The molecule has 0 aliphatic rings. The Kier molecular flexibility index (Phi) is 4.03. The van der Waals surface area contributed by atoms with Gasteiger partial charge in [0.2, 0.25) is 0 Å². The lowest BCUT2D eigenvalue weighted by molar-refractivity contribution is 0.806. The van der Waals surface area contributed by atoms with Crippen molar-refractivity contribution in [3.63, 3.8) is 0 Å². The predicted octanol–water partition coefficient (Wildman–Crippen LogP) is 5.12. The molecule has 0 atom stereocenters. The molecule has 0 N–H and O–H groups in total. The van der Waals surface area contributed by atoms with Gasteiger partial charge in [-0.15, -0.1) is 0 Å². The average molecular weight is 392 g/mol. The van der Waals surface area contributed by atoms with Crippen LogP contribution in [-0.4, -0.2) is 9.55 Å². The van der Waals surface area contributed by atoms with Crippen molar-refractivity contribution >= 4 is 31.9 Å². The van der Waals surface area contributed by atoms with Crippen molar-refractivity contribution in [2.24, 2.45) is 0 Å². The van der Waals surface area contributed by atoms with Crippen LogP contribution in [0.3, 0.4) is 0 Å². The first-order valence-corrected chi connectivity index (χ1v) is 7.83. The first-order chi connectivity index (χ1) is 9.74. The zero-order valence-electron chi connectivity index (χ0n) is 10.6. The number of benzene rings is 2. The van der Waals surface area contributed by atoms with E-state index >= 15 is 0 Å². The Morgan fingerprint density at radius 2 is 1.85 bits per heavy atom. The molecular weight excluding hydrogens is 380 g/mol. The molecule has 1 heterocycles.